The molecule has 0 amide bonds. The summed E-state index contributed by atoms with van der Waals surface area (Å²) < 4.78 is 39.5. The summed E-state index contributed by atoms with van der Waals surface area (Å²) in [6.45, 7) is 8.79. The number of hydrogen-bond acceptors (Lipinski definition) is 4. The predicted octanol–water partition coefficient (Wildman–Crippen LogP) is 3.17. The minimum absolute atomic E-state index is 0.199. The van der Waals surface area contributed by atoms with Gasteiger partial charge in [-0.3, -0.25) is 0 Å². The minimum Gasteiger partial charge on any atom is -0.486 e. The second kappa shape index (κ2) is 6.69. The van der Waals surface area contributed by atoms with Crippen LogP contribution < -0.4 is 14.2 Å². The van der Waals surface area contributed by atoms with Gasteiger partial charge < -0.3 is 9.47 Å². The molecule has 0 saturated carbocycles. The smallest absolute Gasteiger partial charge is 0.241 e. The van der Waals surface area contributed by atoms with Crippen LogP contribution in [0.25, 0.3) is 0 Å². The van der Waals surface area contributed by atoms with Crippen LogP contribution in [-0.4, -0.2) is 21.6 Å². The zero-order chi connectivity index (χ0) is 18.2. The first kappa shape index (κ1) is 17.8. The lowest BCUT2D eigenvalue weighted by Crippen LogP contribution is -2.25. The monoisotopic (exact) mass is 361 g/mol. The Morgan fingerprint density at radius 2 is 1.52 bits per heavy atom. The van der Waals surface area contributed by atoms with Gasteiger partial charge in [-0.05, 0) is 67.6 Å². The van der Waals surface area contributed by atoms with E-state index in [1.165, 1.54) is 0 Å². The molecule has 0 fully saturated rings. The van der Waals surface area contributed by atoms with E-state index in [-0.39, 0.29) is 6.54 Å². The summed E-state index contributed by atoms with van der Waals surface area (Å²) in [6.07, 6.45) is 0. The second-order valence-corrected chi connectivity index (χ2v) is 8.10. The molecule has 3 rings (SSSR count). The normalized spacial score (nSPS) is 13.8. The molecule has 0 aromatic heterocycles. The molecule has 1 N–H and O–H groups in total. The Hall–Kier alpha value is -2.05. The summed E-state index contributed by atoms with van der Waals surface area (Å²) in [5.74, 6) is 1.35. The fourth-order valence-corrected chi connectivity index (χ4v) is 4.66. The van der Waals surface area contributed by atoms with Crippen LogP contribution in [0.4, 0.5) is 0 Å². The highest BCUT2D eigenvalue weighted by molar-refractivity contribution is 7.89. The maximum absolute atomic E-state index is 12.9. The van der Waals surface area contributed by atoms with E-state index in [0.29, 0.717) is 29.6 Å². The molecule has 5 nitrogen and oxygen atoms in total. The number of hydrogen-bond donors (Lipinski definition) is 1. The van der Waals surface area contributed by atoms with Crippen LogP contribution in [-0.2, 0) is 16.6 Å². The Bertz CT molecular complexity index is 893. The molecule has 0 aliphatic carbocycles. The van der Waals surface area contributed by atoms with Gasteiger partial charge >= 0.3 is 0 Å². The lowest BCUT2D eigenvalue weighted by molar-refractivity contribution is 0.171. The number of sulfonamides is 1. The number of benzene rings is 2. The molecule has 6 heteroatoms. The fraction of sp³-hybridized carbons (Fsp3) is 0.368. The second-order valence-electron chi connectivity index (χ2n) is 6.39. The molecule has 1 aliphatic rings. The van der Waals surface area contributed by atoms with E-state index >= 15 is 0 Å². The molecular weight excluding hydrogens is 338 g/mol. The molecule has 1 aliphatic heterocycles. The summed E-state index contributed by atoms with van der Waals surface area (Å²) in [5.41, 5.74) is 4.36. The van der Waals surface area contributed by atoms with Gasteiger partial charge in [0, 0.05) is 6.54 Å². The Labute approximate surface area is 149 Å². The highest BCUT2D eigenvalue weighted by Crippen LogP contribution is 2.31. The van der Waals surface area contributed by atoms with E-state index in [1.807, 2.05) is 52.0 Å². The quantitative estimate of drug-likeness (QED) is 0.908. The van der Waals surface area contributed by atoms with Crippen LogP contribution in [0.5, 0.6) is 11.5 Å². The van der Waals surface area contributed by atoms with Crippen molar-refractivity contribution in [3.8, 4) is 11.5 Å². The van der Waals surface area contributed by atoms with Gasteiger partial charge in [-0.25, -0.2) is 13.1 Å². The zero-order valence-corrected chi connectivity index (χ0v) is 15.8. The van der Waals surface area contributed by atoms with Crippen LogP contribution in [0.2, 0.25) is 0 Å². The highest BCUT2D eigenvalue weighted by Gasteiger charge is 2.22. The fourth-order valence-electron chi connectivity index (χ4n) is 3.03. The Morgan fingerprint density at radius 3 is 2.16 bits per heavy atom. The summed E-state index contributed by atoms with van der Waals surface area (Å²) in [4.78, 5) is 0.377. The lowest BCUT2D eigenvalue weighted by atomic mass is 10.0. The van der Waals surface area contributed by atoms with Crippen molar-refractivity contribution in [2.45, 2.75) is 39.1 Å². The third-order valence-corrected chi connectivity index (χ3v) is 6.31. The maximum atomic E-state index is 12.9. The number of fused-ring (bicyclic) bond motifs is 1. The van der Waals surface area contributed by atoms with Gasteiger partial charge in [-0.2, -0.15) is 0 Å². The molecule has 0 atom stereocenters. The van der Waals surface area contributed by atoms with E-state index in [0.717, 1.165) is 27.8 Å². The molecule has 0 bridgehead atoms. The Balaban J connectivity index is 1.86. The van der Waals surface area contributed by atoms with Crippen molar-refractivity contribution in [3.05, 3.63) is 52.1 Å². The molecule has 2 aromatic carbocycles. The van der Waals surface area contributed by atoms with Crippen molar-refractivity contribution in [1.29, 1.82) is 0 Å². The van der Waals surface area contributed by atoms with Gasteiger partial charge in [0.05, 0.1) is 4.90 Å². The van der Waals surface area contributed by atoms with E-state index in [4.69, 9.17) is 9.47 Å². The number of rotatable bonds is 4. The molecule has 1 heterocycles. The van der Waals surface area contributed by atoms with Crippen LogP contribution >= 0.6 is 0 Å². The third-order valence-electron chi connectivity index (χ3n) is 4.64. The van der Waals surface area contributed by atoms with E-state index in [2.05, 4.69) is 4.72 Å². The van der Waals surface area contributed by atoms with Gasteiger partial charge in [0.15, 0.2) is 11.5 Å². The van der Waals surface area contributed by atoms with Crippen LogP contribution in [0.15, 0.2) is 29.2 Å². The van der Waals surface area contributed by atoms with Crippen LogP contribution in [0.1, 0.15) is 27.8 Å². The summed E-state index contributed by atoms with van der Waals surface area (Å²) in [6, 6.07) is 7.49. The highest BCUT2D eigenvalue weighted by atomic mass is 32.2. The topological polar surface area (TPSA) is 64.6 Å². The molecule has 0 spiro atoms. The molecule has 0 saturated heterocycles. The zero-order valence-electron chi connectivity index (χ0n) is 15.0. The van der Waals surface area contributed by atoms with Gasteiger partial charge in [-0.15, -0.1) is 0 Å². The largest absolute Gasteiger partial charge is 0.486 e. The van der Waals surface area contributed by atoms with E-state index in [1.54, 1.807) is 0 Å². The molecule has 0 unspecified atom stereocenters. The van der Waals surface area contributed by atoms with Crippen molar-refractivity contribution in [2.75, 3.05) is 13.2 Å². The van der Waals surface area contributed by atoms with Crippen molar-refractivity contribution in [1.82, 2.24) is 4.72 Å². The standard InChI is InChI=1S/C19H23NO4S/c1-12-9-13(2)15(4)19(14(12)3)25(21,22)20-11-16-5-6-17-18(10-16)24-8-7-23-17/h5-6,9-10,20H,7-8,11H2,1-4H3. The van der Waals surface area contributed by atoms with E-state index in [9.17, 15) is 8.42 Å². The number of nitrogens with one attached hydrogen (secondary N) is 1. The summed E-state index contributed by atoms with van der Waals surface area (Å²) in [5, 5.41) is 0. The van der Waals surface area contributed by atoms with Gasteiger partial charge in [0.2, 0.25) is 10.0 Å². The maximum Gasteiger partial charge on any atom is 0.241 e. The molecule has 2 aromatic rings. The molecule has 0 radical (unpaired) electrons. The van der Waals surface area contributed by atoms with Crippen LogP contribution in [0.3, 0.4) is 0 Å². The van der Waals surface area contributed by atoms with Crippen LogP contribution in [0, 0.1) is 27.7 Å². The Morgan fingerprint density at radius 1 is 0.920 bits per heavy atom. The SMILES string of the molecule is Cc1cc(C)c(C)c(S(=O)(=O)NCc2ccc3c(c2)OCCO3)c1C. The minimum atomic E-state index is -3.61. The third kappa shape index (κ3) is 3.50. The summed E-state index contributed by atoms with van der Waals surface area (Å²) in [7, 11) is -3.61. The number of ether oxygens (including phenoxy) is 2. The average Bonchev–Trinajstić information content (AvgIpc) is 2.58. The van der Waals surface area contributed by atoms with Crippen molar-refractivity contribution in [3.63, 3.8) is 0 Å². The predicted molar refractivity (Wildman–Crippen MR) is 96.8 cm³/mol. The first-order valence-corrected chi connectivity index (χ1v) is 9.73. The first-order chi connectivity index (χ1) is 11.8. The summed E-state index contributed by atoms with van der Waals surface area (Å²) >= 11 is 0. The van der Waals surface area contributed by atoms with Gasteiger partial charge in [0.1, 0.15) is 13.2 Å². The molecule has 25 heavy (non-hydrogen) atoms. The van der Waals surface area contributed by atoms with Crippen molar-refractivity contribution < 1.29 is 17.9 Å². The molecule has 134 valence electrons. The van der Waals surface area contributed by atoms with Crippen molar-refractivity contribution >= 4 is 10.0 Å². The Kier molecular flexibility index (Phi) is 4.75. The van der Waals surface area contributed by atoms with Gasteiger partial charge in [0.25, 0.3) is 0 Å². The van der Waals surface area contributed by atoms with Gasteiger partial charge in [-0.1, -0.05) is 12.1 Å². The van der Waals surface area contributed by atoms with E-state index < -0.39 is 10.0 Å². The average molecular weight is 361 g/mol. The number of aryl methyl sites for hydroxylation is 2. The van der Waals surface area contributed by atoms with Crippen molar-refractivity contribution in [2.24, 2.45) is 0 Å². The lowest BCUT2D eigenvalue weighted by Gasteiger charge is -2.19. The first-order valence-electron chi connectivity index (χ1n) is 8.25. The molecular formula is C19H23NO4S.